The molecule has 3 heterocycles. The summed E-state index contributed by atoms with van der Waals surface area (Å²) in [5.74, 6) is 0.818. The first kappa shape index (κ1) is 19.4. The number of benzene rings is 1. The number of tetrazole rings is 1. The molecule has 2 fully saturated rings. The van der Waals surface area contributed by atoms with Crippen LogP contribution >= 0.6 is 0 Å². The highest BCUT2D eigenvalue weighted by atomic mass is 16.1. The first-order chi connectivity index (χ1) is 14.6. The Morgan fingerprint density at radius 1 is 1.03 bits per heavy atom. The molecule has 3 aromatic rings. The third-order valence-corrected chi connectivity index (χ3v) is 6.96. The summed E-state index contributed by atoms with van der Waals surface area (Å²) in [6, 6.07) is 6.39. The van der Waals surface area contributed by atoms with Gasteiger partial charge in [0.25, 0.3) is 5.56 Å². The van der Waals surface area contributed by atoms with Gasteiger partial charge in [0.2, 0.25) is 0 Å². The fourth-order valence-corrected chi connectivity index (χ4v) is 5.26. The van der Waals surface area contributed by atoms with E-state index in [0.29, 0.717) is 6.04 Å². The Bertz CT molecular complexity index is 1100. The van der Waals surface area contributed by atoms with Gasteiger partial charge < -0.3 is 4.98 Å². The number of aryl methyl sites for hydroxylation is 2. The van der Waals surface area contributed by atoms with Crippen LogP contribution in [0, 0.1) is 13.8 Å². The Morgan fingerprint density at radius 3 is 2.53 bits per heavy atom. The van der Waals surface area contributed by atoms with Crippen LogP contribution in [-0.2, 0) is 0 Å². The zero-order valence-corrected chi connectivity index (χ0v) is 17.9. The van der Waals surface area contributed by atoms with Gasteiger partial charge >= 0.3 is 0 Å². The molecule has 158 valence electrons. The SMILES string of the molecule is Cc1ccc(C)c2[nH]c(=O)c([C@H](c3nnnn3C3CCCCC3)N3CCCC3)cc12. The van der Waals surface area contributed by atoms with Crippen LogP contribution in [0.25, 0.3) is 10.9 Å². The van der Waals surface area contributed by atoms with Crippen molar-refractivity contribution in [1.82, 2.24) is 30.1 Å². The minimum absolute atomic E-state index is 0.0358. The van der Waals surface area contributed by atoms with Gasteiger partial charge in [-0.3, -0.25) is 9.69 Å². The van der Waals surface area contributed by atoms with E-state index >= 15 is 0 Å². The van der Waals surface area contributed by atoms with Gasteiger partial charge in [0.05, 0.1) is 11.6 Å². The molecular formula is C23H30N6O. The molecule has 1 atom stereocenters. The maximum Gasteiger partial charge on any atom is 0.253 e. The molecule has 1 N–H and O–H groups in total. The molecular weight excluding hydrogens is 376 g/mol. The molecule has 1 saturated carbocycles. The number of H-pyrrole nitrogens is 1. The van der Waals surface area contributed by atoms with Crippen molar-refractivity contribution in [1.29, 1.82) is 0 Å². The number of pyridine rings is 1. The predicted octanol–water partition coefficient (Wildman–Crippen LogP) is 3.82. The Kier molecular flexibility index (Phi) is 5.15. The second-order valence-electron chi connectivity index (χ2n) is 8.96. The molecule has 2 aliphatic rings. The van der Waals surface area contributed by atoms with E-state index in [1.54, 1.807) is 0 Å². The second kappa shape index (κ2) is 7.95. The van der Waals surface area contributed by atoms with E-state index in [9.17, 15) is 4.79 Å². The zero-order chi connectivity index (χ0) is 20.7. The number of hydrogen-bond acceptors (Lipinski definition) is 5. The quantitative estimate of drug-likeness (QED) is 0.712. The summed E-state index contributed by atoms with van der Waals surface area (Å²) in [5, 5.41) is 14.0. The van der Waals surface area contributed by atoms with Crippen LogP contribution in [0.1, 0.15) is 79.5 Å². The average molecular weight is 407 g/mol. The molecule has 5 rings (SSSR count). The second-order valence-corrected chi connectivity index (χ2v) is 8.96. The van der Waals surface area contributed by atoms with Gasteiger partial charge in [0.1, 0.15) is 6.04 Å². The zero-order valence-electron chi connectivity index (χ0n) is 17.9. The number of aromatic amines is 1. The number of nitrogens with one attached hydrogen (secondary N) is 1. The predicted molar refractivity (Wildman–Crippen MR) is 117 cm³/mol. The van der Waals surface area contributed by atoms with Crippen molar-refractivity contribution in [2.24, 2.45) is 0 Å². The highest BCUT2D eigenvalue weighted by Gasteiger charge is 2.34. The Morgan fingerprint density at radius 2 is 1.77 bits per heavy atom. The maximum absolute atomic E-state index is 13.3. The fraction of sp³-hybridized carbons (Fsp3) is 0.565. The summed E-state index contributed by atoms with van der Waals surface area (Å²) in [4.78, 5) is 18.9. The Labute approximate surface area is 176 Å². The van der Waals surface area contributed by atoms with E-state index in [-0.39, 0.29) is 11.6 Å². The highest BCUT2D eigenvalue weighted by molar-refractivity contribution is 5.85. The van der Waals surface area contributed by atoms with Crippen LogP contribution in [0.15, 0.2) is 23.0 Å². The molecule has 1 aromatic carbocycles. The van der Waals surface area contributed by atoms with Gasteiger partial charge in [0, 0.05) is 10.9 Å². The summed E-state index contributed by atoms with van der Waals surface area (Å²) in [6.45, 7) is 6.07. The molecule has 1 aliphatic heterocycles. The molecule has 0 unspecified atom stereocenters. The van der Waals surface area contributed by atoms with Gasteiger partial charge in [0.15, 0.2) is 5.82 Å². The molecule has 0 bridgehead atoms. The monoisotopic (exact) mass is 406 g/mol. The van der Waals surface area contributed by atoms with Crippen LogP contribution in [-0.4, -0.2) is 43.2 Å². The summed E-state index contributed by atoms with van der Waals surface area (Å²) in [6.07, 6.45) is 8.22. The van der Waals surface area contributed by atoms with Crippen LogP contribution in [0.5, 0.6) is 0 Å². The van der Waals surface area contributed by atoms with Gasteiger partial charge in [-0.2, -0.15) is 0 Å². The molecule has 0 amide bonds. The van der Waals surface area contributed by atoms with Gasteiger partial charge in [-0.25, -0.2) is 4.68 Å². The highest BCUT2D eigenvalue weighted by Crippen LogP contribution is 2.34. The molecule has 7 heteroatoms. The first-order valence-corrected chi connectivity index (χ1v) is 11.3. The van der Waals surface area contributed by atoms with Crippen LogP contribution < -0.4 is 5.56 Å². The number of hydrogen-bond donors (Lipinski definition) is 1. The summed E-state index contributed by atoms with van der Waals surface area (Å²) in [7, 11) is 0. The lowest BCUT2D eigenvalue weighted by molar-refractivity contribution is 0.243. The van der Waals surface area contributed by atoms with E-state index in [1.165, 1.54) is 24.8 Å². The number of aromatic nitrogens is 5. The molecule has 0 radical (unpaired) electrons. The molecule has 1 saturated heterocycles. The van der Waals surface area contributed by atoms with Crippen molar-refractivity contribution in [3.63, 3.8) is 0 Å². The molecule has 1 aliphatic carbocycles. The van der Waals surface area contributed by atoms with Gasteiger partial charge in [-0.05, 0) is 80.2 Å². The maximum atomic E-state index is 13.3. The fourth-order valence-electron chi connectivity index (χ4n) is 5.26. The van der Waals surface area contributed by atoms with Crippen molar-refractivity contribution in [2.45, 2.75) is 70.9 Å². The minimum Gasteiger partial charge on any atom is -0.321 e. The minimum atomic E-state index is -0.211. The third-order valence-electron chi connectivity index (χ3n) is 6.96. The summed E-state index contributed by atoms with van der Waals surface area (Å²) >= 11 is 0. The number of likely N-dealkylation sites (tertiary alicyclic amines) is 1. The van der Waals surface area contributed by atoms with Crippen molar-refractivity contribution >= 4 is 10.9 Å². The van der Waals surface area contributed by atoms with E-state index in [4.69, 9.17) is 0 Å². The topological polar surface area (TPSA) is 79.7 Å². The first-order valence-electron chi connectivity index (χ1n) is 11.3. The largest absolute Gasteiger partial charge is 0.321 e. The molecule has 30 heavy (non-hydrogen) atoms. The normalized spacial score (nSPS) is 19.5. The molecule has 2 aromatic heterocycles. The lowest BCUT2D eigenvalue weighted by Crippen LogP contribution is -2.34. The smallest absolute Gasteiger partial charge is 0.253 e. The molecule has 7 nitrogen and oxygen atoms in total. The summed E-state index contributed by atoms with van der Waals surface area (Å²) in [5.41, 5.74) is 3.90. The van der Waals surface area contributed by atoms with Crippen molar-refractivity contribution in [2.75, 3.05) is 13.1 Å². The van der Waals surface area contributed by atoms with E-state index in [1.807, 2.05) is 11.6 Å². The van der Waals surface area contributed by atoms with E-state index in [2.05, 4.69) is 50.5 Å². The number of nitrogens with zero attached hydrogens (tertiary/aromatic N) is 5. The van der Waals surface area contributed by atoms with Crippen LogP contribution in [0.4, 0.5) is 0 Å². The third kappa shape index (κ3) is 3.35. The van der Waals surface area contributed by atoms with E-state index in [0.717, 1.165) is 66.6 Å². The van der Waals surface area contributed by atoms with Crippen molar-refractivity contribution < 1.29 is 0 Å². The lowest BCUT2D eigenvalue weighted by atomic mass is 9.95. The standard InChI is InChI=1S/C23H30N6O/c1-15-10-11-16(2)20-18(15)14-19(23(30)24-20)21(28-12-6-7-13-28)22-25-26-27-29(22)17-8-4-3-5-9-17/h10-11,14,17,21H,3-9,12-13H2,1-2H3,(H,24,30)/t21-/m1/s1. The van der Waals surface area contributed by atoms with Crippen LogP contribution in [0.3, 0.4) is 0 Å². The van der Waals surface area contributed by atoms with Crippen molar-refractivity contribution in [3.8, 4) is 0 Å². The van der Waals surface area contributed by atoms with Crippen molar-refractivity contribution in [3.05, 3.63) is 51.1 Å². The summed E-state index contributed by atoms with van der Waals surface area (Å²) < 4.78 is 2.02. The Balaban J connectivity index is 1.67. The number of rotatable bonds is 4. The Hall–Kier alpha value is -2.54. The van der Waals surface area contributed by atoms with Gasteiger partial charge in [-0.1, -0.05) is 31.4 Å². The average Bonchev–Trinajstić information content (AvgIpc) is 3.45. The number of fused-ring (bicyclic) bond motifs is 1. The lowest BCUT2D eigenvalue weighted by Gasteiger charge is -2.29. The van der Waals surface area contributed by atoms with Gasteiger partial charge in [-0.15, -0.1) is 5.10 Å². The van der Waals surface area contributed by atoms with E-state index < -0.39 is 0 Å². The van der Waals surface area contributed by atoms with Crippen LogP contribution in [0.2, 0.25) is 0 Å². The molecule has 0 spiro atoms.